The minimum absolute atomic E-state index is 0. The molecule has 0 aliphatic carbocycles. The summed E-state index contributed by atoms with van der Waals surface area (Å²) in [7, 11) is 0. The Morgan fingerprint density at radius 1 is 1.04 bits per heavy atom. The fraction of sp³-hybridized carbons (Fsp3) is 0.667. The van der Waals surface area contributed by atoms with Gasteiger partial charge in [-0.05, 0) is 68.7 Å². The third-order valence-corrected chi connectivity index (χ3v) is 6.36. The zero-order valence-electron chi connectivity index (χ0n) is 16.1. The Morgan fingerprint density at radius 2 is 1.81 bits per heavy atom. The van der Waals surface area contributed by atoms with Crippen molar-refractivity contribution in [2.75, 3.05) is 44.2 Å². The third-order valence-electron chi connectivity index (χ3n) is 6.36. The van der Waals surface area contributed by atoms with Gasteiger partial charge in [-0.1, -0.05) is 18.2 Å². The van der Waals surface area contributed by atoms with Gasteiger partial charge in [0.2, 0.25) is 5.91 Å². The van der Waals surface area contributed by atoms with Gasteiger partial charge < -0.3 is 15.1 Å². The molecular weight excluding hydrogens is 381 g/mol. The van der Waals surface area contributed by atoms with Gasteiger partial charge >= 0.3 is 0 Å². The minimum atomic E-state index is 0. The Labute approximate surface area is 175 Å². The van der Waals surface area contributed by atoms with Crippen LogP contribution < -0.4 is 10.2 Å². The highest BCUT2D eigenvalue weighted by Crippen LogP contribution is 2.30. The standard InChI is InChI=1S/C21H31N3O.2ClH/c25-21(6-5-17-7-11-22-15-17)23-12-8-18(9-13-23)16-24-14-10-19-3-1-2-4-20(19)24;;/h1-4,17-18,22H,5-16H2;2*1H. The Bertz CT molecular complexity index is 599. The molecule has 0 radical (unpaired) electrons. The van der Waals surface area contributed by atoms with Crippen LogP contribution in [-0.4, -0.2) is 50.1 Å². The first-order chi connectivity index (χ1) is 12.3. The van der Waals surface area contributed by atoms with Crippen LogP contribution in [0.5, 0.6) is 0 Å². The smallest absolute Gasteiger partial charge is 0.222 e. The molecule has 4 nitrogen and oxygen atoms in total. The second kappa shape index (κ2) is 10.5. The highest BCUT2D eigenvalue weighted by molar-refractivity contribution is 5.85. The molecule has 3 aliphatic heterocycles. The maximum atomic E-state index is 12.5. The van der Waals surface area contributed by atoms with Crippen LogP contribution in [0.1, 0.15) is 37.7 Å². The van der Waals surface area contributed by atoms with Gasteiger partial charge in [0.15, 0.2) is 0 Å². The summed E-state index contributed by atoms with van der Waals surface area (Å²) in [6.07, 6.45) is 6.56. The molecule has 0 saturated carbocycles. The first-order valence-corrected chi connectivity index (χ1v) is 10.1. The van der Waals surface area contributed by atoms with Gasteiger partial charge in [0, 0.05) is 38.3 Å². The molecule has 1 aromatic carbocycles. The lowest BCUT2D eigenvalue weighted by atomic mass is 9.95. The molecule has 6 heteroatoms. The Kier molecular flexibility index (Phi) is 8.71. The first-order valence-electron chi connectivity index (χ1n) is 10.1. The van der Waals surface area contributed by atoms with Gasteiger partial charge in [-0.2, -0.15) is 0 Å². The summed E-state index contributed by atoms with van der Waals surface area (Å²) in [5.41, 5.74) is 2.93. The van der Waals surface area contributed by atoms with Crippen molar-refractivity contribution < 1.29 is 4.79 Å². The van der Waals surface area contributed by atoms with Crippen molar-refractivity contribution in [3.8, 4) is 0 Å². The SMILES string of the molecule is Cl.Cl.O=C(CCC1CCNC1)N1CCC(CN2CCc3ccccc32)CC1. The predicted molar refractivity (Wildman–Crippen MR) is 116 cm³/mol. The average Bonchev–Trinajstić information content (AvgIpc) is 3.31. The van der Waals surface area contributed by atoms with Gasteiger partial charge in [0.05, 0.1) is 0 Å². The van der Waals surface area contributed by atoms with E-state index in [0.717, 1.165) is 76.8 Å². The van der Waals surface area contributed by atoms with Crippen LogP contribution in [0.3, 0.4) is 0 Å². The number of carbonyl (C=O) groups is 1. The molecule has 1 N–H and O–H groups in total. The van der Waals surface area contributed by atoms with E-state index < -0.39 is 0 Å². The van der Waals surface area contributed by atoms with Crippen LogP contribution in [0.15, 0.2) is 24.3 Å². The molecule has 3 aliphatic rings. The topological polar surface area (TPSA) is 35.6 Å². The van der Waals surface area contributed by atoms with Crippen LogP contribution in [0, 0.1) is 11.8 Å². The van der Waals surface area contributed by atoms with Crippen LogP contribution >= 0.6 is 24.8 Å². The summed E-state index contributed by atoms with van der Waals surface area (Å²) < 4.78 is 0. The lowest BCUT2D eigenvalue weighted by Gasteiger charge is -2.34. The number of rotatable bonds is 5. The van der Waals surface area contributed by atoms with Gasteiger partial charge in [0.25, 0.3) is 0 Å². The van der Waals surface area contributed by atoms with Gasteiger partial charge in [0.1, 0.15) is 0 Å². The molecule has 152 valence electrons. The molecule has 0 aromatic heterocycles. The van der Waals surface area contributed by atoms with Crippen molar-refractivity contribution in [2.24, 2.45) is 11.8 Å². The molecule has 27 heavy (non-hydrogen) atoms. The molecule has 0 spiro atoms. The van der Waals surface area contributed by atoms with E-state index >= 15 is 0 Å². The number of anilines is 1. The zero-order valence-corrected chi connectivity index (χ0v) is 17.7. The lowest BCUT2D eigenvalue weighted by molar-refractivity contribution is -0.132. The maximum absolute atomic E-state index is 12.5. The van der Waals surface area contributed by atoms with Crippen molar-refractivity contribution in [1.29, 1.82) is 0 Å². The number of hydrogen-bond donors (Lipinski definition) is 1. The molecular formula is C21H33Cl2N3O. The van der Waals surface area contributed by atoms with Crippen LogP contribution in [0.4, 0.5) is 5.69 Å². The maximum Gasteiger partial charge on any atom is 0.222 e. The van der Waals surface area contributed by atoms with E-state index in [9.17, 15) is 4.79 Å². The van der Waals surface area contributed by atoms with Gasteiger partial charge in [-0.25, -0.2) is 0 Å². The zero-order chi connectivity index (χ0) is 17.1. The number of carbonyl (C=O) groups excluding carboxylic acids is 1. The summed E-state index contributed by atoms with van der Waals surface area (Å²) >= 11 is 0. The van der Waals surface area contributed by atoms with E-state index in [1.54, 1.807) is 0 Å². The quantitative estimate of drug-likeness (QED) is 0.801. The highest BCUT2D eigenvalue weighted by atomic mass is 35.5. The largest absolute Gasteiger partial charge is 0.371 e. The number of fused-ring (bicyclic) bond motifs is 1. The fourth-order valence-corrected chi connectivity index (χ4v) is 4.72. The number of halogens is 2. The van der Waals surface area contributed by atoms with E-state index in [2.05, 4.69) is 39.4 Å². The van der Waals surface area contributed by atoms with E-state index in [1.165, 1.54) is 24.1 Å². The fourth-order valence-electron chi connectivity index (χ4n) is 4.72. The van der Waals surface area contributed by atoms with Crippen LogP contribution in [0.25, 0.3) is 0 Å². The molecule has 1 unspecified atom stereocenters. The summed E-state index contributed by atoms with van der Waals surface area (Å²) in [4.78, 5) is 17.1. The van der Waals surface area contributed by atoms with Crippen LogP contribution in [-0.2, 0) is 11.2 Å². The van der Waals surface area contributed by atoms with Crippen LogP contribution in [0.2, 0.25) is 0 Å². The summed E-state index contributed by atoms with van der Waals surface area (Å²) in [5, 5.41) is 3.39. The second-order valence-electron chi connectivity index (χ2n) is 8.05. The van der Waals surface area contributed by atoms with E-state index in [4.69, 9.17) is 0 Å². The summed E-state index contributed by atoms with van der Waals surface area (Å²) in [5.74, 6) is 1.84. The summed E-state index contributed by atoms with van der Waals surface area (Å²) in [6, 6.07) is 8.82. The number of piperidine rings is 1. The minimum Gasteiger partial charge on any atom is -0.371 e. The van der Waals surface area contributed by atoms with E-state index in [0.29, 0.717) is 5.91 Å². The monoisotopic (exact) mass is 413 g/mol. The number of amides is 1. The molecule has 2 fully saturated rings. The second-order valence-corrected chi connectivity index (χ2v) is 8.05. The number of hydrogen-bond acceptors (Lipinski definition) is 3. The molecule has 2 saturated heterocycles. The Hall–Kier alpha value is -0.970. The summed E-state index contributed by atoms with van der Waals surface area (Å²) in [6.45, 7) is 6.47. The number of benzene rings is 1. The molecule has 4 rings (SSSR count). The molecule has 3 heterocycles. The van der Waals surface area contributed by atoms with Crippen molar-refractivity contribution in [3.63, 3.8) is 0 Å². The normalized spacial score (nSPS) is 22.1. The third kappa shape index (κ3) is 5.52. The number of nitrogens with one attached hydrogen (secondary N) is 1. The first kappa shape index (κ1) is 22.3. The molecule has 1 aromatic rings. The van der Waals surface area contributed by atoms with E-state index in [1.807, 2.05) is 0 Å². The van der Waals surface area contributed by atoms with Gasteiger partial charge in [-0.15, -0.1) is 24.8 Å². The molecule has 0 bridgehead atoms. The Morgan fingerprint density at radius 3 is 2.56 bits per heavy atom. The number of nitrogens with zero attached hydrogens (tertiary/aromatic N) is 2. The lowest BCUT2D eigenvalue weighted by Crippen LogP contribution is -2.41. The number of likely N-dealkylation sites (tertiary alicyclic amines) is 1. The number of para-hydroxylation sites is 1. The van der Waals surface area contributed by atoms with Gasteiger partial charge in [-0.3, -0.25) is 4.79 Å². The molecule has 1 atom stereocenters. The predicted octanol–water partition coefficient (Wildman–Crippen LogP) is 3.52. The average molecular weight is 414 g/mol. The highest BCUT2D eigenvalue weighted by Gasteiger charge is 2.27. The van der Waals surface area contributed by atoms with Crippen molar-refractivity contribution in [1.82, 2.24) is 10.2 Å². The molecule has 1 amide bonds. The van der Waals surface area contributed by atoms with Crippen molar-refractivity contribution >= 4 is 36.4 Å². The Balaban J connectivity index is 0.00000131. The van der Waals surface area contributed by atoms with Crippen molar-refractivity contribution in [2.45, 2.75) is 38.5 Å². The van der Waals surface area contributed by atoms with E-state index in [-0.39, 0.29) is 24.8 Å². The van der Waals surface area contributed by atoms with Crippen molar-refractivity contribution in [3.05, 3.63) is 29.8 Å².